The number of nitrogens with one attached hydrogen (secondary N) is 1. The molecule has 1 saturated heterocycles. The molecule has 0 spiro atoms. The van der Waals surface area contributed by atoms with Gasteiger partial charge >= 0.3 is 0 Å². The molecule has 1 aliphatic heterocycles. The number of benzene rings is 1. The molecule has 1 saturated carbocycles. The van der Waals surface area contributed by atoms with Crippen LogP contribution >= 0.6 is 11.6 Å². The van der Waals surface area contributed by atoms with Gasteiger partial charge in [-0.15, -0.1) is 0 Å². The smallest absolute Gasteiger partial charge is 0.258 e. The Hall–Kier alpha value is -1.75. The van der Waals surface area contributed by atoms with Crippen LogP contribution in [0.25, 0.3) is 0 Å². The number of carbonyl (C=O) groups is 2. The van der Waals surface area contributed by atoms with E-state index in [2.05, 4.69) is 26.1 Å². The maximum absolute atomic E-state index is 13.5. The van der Waals surface area contributed by atoms with Gasteiger partial charge in [-0.3, -0.25) is 9.59 Å². The quantitative estimate of drug-likeness (QED) is 0.677. The molecule has 2 bridgehead atoms. The number of carbonyl (C=O) groups excluding carboxylic acids is 2. The molecular weight excluding hydrogens is 400 g/mol. The Morgan fingerprint density at radius 2 is 1.90 bits per heavy atom. The summed E-state index contributed by atoms with van der Waals surface area (Å²) in [6.07, 6.45) is 4.03. The molecule has 166 valence electrons. The molecule has 30 heavy (non-hydrogen) atoms. The SMILES string of the molecule is CCC(C)C(NC(=O)COc1ccc(Cl)cc1)C(=O)N1CC2(C)CC1CC(C)(C)C2. The van der Waals surface area contributed by atoms with Gasteiger partial charge in [0.05, 0.1) is 0 Å². The average molecular weight is 435 g/mol. The first-order valence-corrected chi connectivity index (χ1v) is 11.4. The van der Waals surface area contributed by atoms with Crippen molar-refractivity contribution in [3.05, 3.63) is 29.3 Å². The Kier molecular flexibility index (Phi) is 6.71. The molecule has 5 nitrogen and oxygen atoms in total. The summed E-state index contributed by atoms with van der Waals surface area (Å²) in [5, 5.41) is 3.57. The van der Waals surface area contributed by atoms with Crippen LogP contribution in [0.4, 0.5) is 0 Å². The van der Waals surface area contributed by atoms with Gasteiger partial charge in [-0.2, -0.15) is 0 Å². The number of ether oxygens (including phenoxy) is 1. The van der Waals surface area contributed by atoms with Crippen molar-refractivity contribution in [1.82, 2.24) is 10.2 Å². The summed E-state index contributed by atoms with van der Waals surface area (Å²) in [7, 11) is 0. The first kappa shape index (κ1) is 22.9. The summed E-state index contributed by atoms with van der Waals surface area (Å²) in [6, 6.07) is 6.61. The lowest BCUT2D eigenvalue weighted by Crippen LogP contribution is -2.54. The minimum Gasteiger partial charge on any atom is -0.484 e. The van der Waals surface area contributed by atoms with Gasteiger partial charge in [-0.1, -0.05) is 52.6 Å². The zero-order valence-corrected chi connectivity index (χ0v) is 19.6. The molecule has 0 radical (unpaired) electrons. The summed E-state index contributed by atoms with van der Waals surface area (Å²) in [4.78, 5) is 28.2. The van der Waals surface area contributed by atoms with Gasteiger partial charge in [-0.25, -0.2) is 0 Å². The van der Waals surface area contributed by atoms with Gasteiger partial charge in [0.15, 0.2) is 6.61 Å². The summed E-state index contributed by atoms with van der Waals surface area (Å²) in [6.45, 7) is 11.6. The number of amides is 2. The van der Waals surface area contributed by atoms with Crippen molar-refractivity contribution >= 4 is 23.4 Å². The number of nitrogens with zero attached hydrogens (tertiary/aromatic N) is 1. The van der Waals surface area contributed by atoms with Crippen LogP contribution in [0, 0.1) is 16.7 Å². The monoisotopic (exact) mass is 434 g/mol. The van der Waals surface area contributed by atoms with Gasteiger partial charge in [0.25, 0.3) is 5.91 Å². The lowest BCUT2D eigenvalue weighted by atomic mass is 9.65. The molecule has 2 amide bonds. The molecule has 1 N–H and O–H groups in total. The van der Waals surface area contributed by atoms with E-state index in [-0.39, 0.29) is 41.2 Å². The third-order valence-corrected chi connectivity index (χ3v) is 6.93. The Labute approximate surface area is 185 Å². The lowest BCUT2D eigenvalue weighted by molar-refractivity contribution is -0.139. The summed E-state index contributed by atoms with van der Waals surface area (Å²) in [5.41, 5.74) is 0.415. The topological polar surface area (TPSA) is 58.6 Å². The number of hydrogen-bond donors (Lipinski definition) is 1. The van der Waals surface area contributed by atoms with Gasteiger partial charge in [0, 0.05) is 17.6 Å². The van der Waals surface area contributed by atoms with Crippen LogP contribution in [0.3, 0.4) is 0 Å². The van der Waals surface area contributed by atoms with Crippen molar-refractivity contribution < 1.29 is 14.3 Å². The standard InChI is InChI=1S/C24H35ClN2O3/c1-6-16(2)21(26-20(28)13-30-19-9-7-17(25)8-10-19)22(29)27-15-24(5)12-18(27)11-23(3,4)14-24/h7-10,16,18,21H,6,11-15H2,1-5H3,(H,26,28). The molecule has 1 aromatic carbocycles. The highest BCUT2D eigenvalue weighted by Crippen LogP contribution is 2.52. The molecule has 1 aliphatic carbocycles. The summed E-state index contributed by atoms with van der Waals surface area (Å²) in [5.74, 6) is 0.399. The van der Waals surface area contributed by atoms with E-state index in [0.717, 1.165) is 32.2 Å². The van der Waals surface area contributed by atoms with Crippen LogP contribution in [0.5, 0.6) is 5.75 Å². The predicted molar refractivity (Wildman–Crippen MR) is 120 cm³/mol. The summed E-state index contributed by atoms with van der Waals surface area (Å²) >= 11 is 5.88. The second-order valence-corrected chi connectivity index (χ2v) is 10.8. The van der Waals surface area contributed by atoms with Gasteiger partial charge in [-0.05, 0) is 60.3 Å². The van der Waals surface area contributed by atoms with Gasteiger partial charge < -0.3 is 15.0 Å². The van der Waals surface area contributed by atoms with Crippen LogP contribution in [0.2, 0.25) is 5.02 Å². The van der Waals surface area contributed by atoms with Gasteiger partial charge in [0.2, 0.25) is 5.91 Å². The van der Waals surface area contributed by atoms with E-state index in [4.69, 9.17) is 16.3 Å². The zero-order valence-electron chi connectivity index (χ0n) is 18.8. The molecule has 1 aromatic rings. The molecule has 4 unspecified atom stereocenters. The molecule has 4 atom stereocenters. The van der Waals surface area contributed by atoms with E-state index < -0.39 is 6.04 Å². The Morgan fingerprint density at radius 1 is 1.23 bits per heavy atom. The van der Waals surface area contributed by atoms with Crippen LogP contribution in [0.1, 0.15) is 60.3 Å². The van der Waals surface area contributed by atoms with Crippen LogP contribution < -0.4 is 10.1 Å². The van der Waals surface area contributed by atoms with E-state index in [0.29, 0.717) is 10.8 Å². The zero-order chi connectivity index (χ0) is 22.1. The van der Waals surface area contributed by atoms with Crippen molar-refractivity contribution in [1.29, 1.82) is 0 Å². The molecule has 6 heteroatoms. The average Bonchev–Trinajstić information content (AvgIpc) is 2.93. The van der Waals surface area contributed by atoms with Crippen LogP contribution in [0.15, 0.2) is 24.3 Å². The Balaban J connectivity index is 1.66. The minimum atomic E-state index is -0.526. The van der Waals surface area contributed by atoms with E-state index in [1.54, 1.807) is 24.3 Å². The Morgan fingerprint density at radius 3 is 2.53 bits per heavy atom. The molecule has 2 fully saturated rings. The fourth-order valence-electron chi connectivity index (χ4n) is 5.47. The highest BCUT2D eigenvalue weighted by molar-refractivity contribution is 6.30. The van der Waals surface area contributed by atoms with E-state index in [9.17, 15) is 9.59 Å². The highest BCUT2D eigenvalue weighted by atomic mass is 35.5. The van der Waals surface area contributed by atoms with Crippen molar-refractivity contribution in [3.8, 4) is 5.75 Å². The minimum absolute atomic E-state index is 0.0515. The van der Waals surface area contributed by atoms with Crippen LogP contribution in [-0.2, 0) is 9.59 Å². The van der Waals surface area contributed by atoms with Crippen molar-refractivity contribution in [2.75, 3.05) is 13.2 Å². The maximum Gasteiger partial charge on any atom is 0.258 e. The lowest BCUT2D eigenvalue weighted by Gasteiger charge is -2.39. The highest BCUT2D eigenvalue weighted by Gasteiger charge is 2.52. The first-order chi connectivity index (χ1) is 14.0. The van der Waals surface area contributed by atoms with Crippen LogP contribution in [-0.4, -0.2) is 41.9 Å². The first-order valence-electron chi connectivity index (χ1n) is 11.0. The Bertz CT molecular complexity index is 779. The predicted octanol–water partition coefficient (Wildman–Crippen LogP) is 4.68. The molecule has 1 heterocycles. The fraction of sp³-hybridized carbons (Fsp3) is 0.667. The second kappa shape index (κ2) is 8.78. The third-order valence-electron chi connectivity index (χ3n) is 6.68. The fourth-order valence-corrected chi connectivity index (χ4v) is 5.60. The normalized spacial score (nSPS) is 26.7. The van der Waals surface area contributed by atoms with E-state index in [1.807, 2.05) is 18.7 Å². The number of fused-ring (bicyclic) bond motifs is 2. The number of likely N-dealkylation sites (tertiary alicyclic amines) is 1. The number of rotatable bonds is 7. The molecule has 2 aliphatic rings. The number of hydrogen-bond acceptors (Lipinski definition) is 3. The molecule has 0 aromatic heterocycles. The largest absolute Gasteiger partial charge is 0.484 e. The van der Waals surface area contributed by atoms with Crippen molar-refractivity contribution in [2.45, 2.75) is 72.4 Å². The third kappa shape index (κ3) is 5.29. The van der Waals surface area contributed by atoms with Gasteiger partial charge in [0.1, 0.15) is 11.8 Å². The van der Waals surface area contributed by atoms with Crippen molar-refractivity contribution in [2.24, 2.45) is 16.7 Å². The molecular formula is C24H35ClN2O3. The molecule has 3 rings (SSSR count). The van der Waals surface area contributed by atoms with E-state index >= 15 is 0 Å². The van der Waals surface area contributed by atoms with E-state index in [1.165, 1.54) is 0 Å². The maximum atomic E-state index is 13.5. The second-order valence-electron chi connectivity index (χ2n) is 10.4. The van der Waals surface area contributed by atoms with Crippen molar-refractivity contribution in [3.63, 3.8) is 0 Å². The summed E-state index contributed by atoms with van der Waals surface area (Å²) < 4.78 is 5.56. The number of halogens is 1.